The molecule has 0 aliphatic heterocycles. The van der Waals surface area contributed by atoms with Crippen molar-refractivity contribution in [3.05, 3.63) is 17.0 Å². The van der Waals surface area contributed by atoms with Crippen LogP contribution in [0.15, 0.2) is 16.3 Å². The summed E-state index contributed by atoms with van der Waals surface area (Å²) in [6.07, 6.45) is 2.89. The second-order valence-electron chi connectivity index (χ2n) is 5.66. The van der Waals surface area contributed by atoms with Crippen LogP contribution in [0.1, 0.15) is 42.3 Å². The normalized spacial score (nSPS) is 26.7. The van der Waals surface area contributed by atoms with Crippen molar-refractivity contribution in [2.75, 3.05) is 6.54 Å². The second-order valence-corrected chi connectivity index (χ2v) is 8.73. The van der Waals surface area contributed by atoms with Crippen molar-refractivity contribution in [2.24, 2.45) is 5.92 Å². The maximum Gasteiger partial charge on any atom is 0.345 e. The highest BCUT2D eigenvalue weighted by molar-refractivity contribution is 7.91. The highest BCUT2D eigenvalue weighted by Crippen LogP contribution is 2.31. The molecule has 1 aliphatic rings. The van der Waals surface area contributed by atoms with E-state index in [0.717, 1.165) is 12.8 Å². The van der Waals surface area contributed by atoms with Gasteiger partial charge in [0.1, 0.15) is 9.09 Å². The number of carboxylic acids is 1. The van der Waals surface area contributed by atoms with Crippen molar-refractivity contribution >= 4 is 27.3 Å². The molecule has 0 unspecified atom stereocenters. The summed E-state index contributed by atoms with van der Waals surface area (Å²) in [5.41, 5.74) is -1.01. The van der Waals surface area contributed by atoms with Crippen LogP contribution in [0.2, 0.25) is 0 Å². The SMILES string of the molecule is CC1CCC(O)(CNS(=O)(=O)c2ccc(C(=O)O)s2)CC1. The molecule has 1 aliphatic carbocycles. The van der Waals surface area contributed by atoms with Crippen LogP contribution >= 0.6 is 11.3 Å². The molecular formula is C13H19NO5S2. The van der Waals surface area contributed by atoms with E-state index in [4.69, 9.17) is 5.11 Å². The first-order valence-electron chi connectivity index (χ1n) is 6.77. The number of nitrogens with one attached hydrogen (secondary N) is 1. The molecule has 3 N–H and O–H groups in total. The fourth-order valence-corrected chi connectivity index (χ4v) is 4.67. The molecule has 0 bridgehead atoms. The Morgan fingerprint density at radius 2 is 2.05 bits per heavy atom. The Kier molecular flexibility index (Phi) is 4.72. The van der Waals surface area contributed by atoms with E-state index in [-0.39, 0.29) is 15.6 Å². The first-order valence-corrected chi connectivity index (χ1v) is 9.07. The number of rotatable bonds is 5. The van der Waals surface area contributed by atoms with Gasteiger partial charge in [0.2, 0.25) is 10.0 Å². The third-order valence-corrected chi connectivity index (χ3v) is 6.82. The van der Waals surface area contributed by atoms with Crippen LogP contribution in [0.25, 0.3) is 0 Å². The van der Waals surface area contributed by atoms with E-state index >= 15 is 0 Å². The molecular weight excluding hydrogens is 314 g/mol. The van der Waals surface area contributed by atoms with E-state index in [1.54, 1.807) is 0 Å². The number of hydrogen-bond acceptors (Lipinski definition) is 5. The summed E-state index contributed by atoms with van der Waals surface area (Å²) in [7, 11) is -3.78. The van der Waals surface area contributed by atoms with Crippen LogP contribution in [0, 0.1) is 5.92 Å². The van der Waals surface area contributed by atoms with Gasteiger partial charge >= 0.3 is 5.97 Å². The minimum Gasteiger partial charge on any atom is -0.477 e. The number of aromatic carboxylic acids is 1. The van der Waals surface area contributed by atoms with E-state index in [1.165, 1.54) is 12.1 Å². The van der Waals surface area contributed by atoms with E-state index in [9.17, 15) is 18.3 Å². The third-order valence-electron chi connectivity index (χ3n) is 3.85. The zero-order valence-electron chi connectivity index (χ0n) is 11.7. The Balaban J connectivity index is 2.02. The largest absolute Gasteiger partial charge is 0.477 e. The van der Waals surface area contributed by atoms with Crippen LogP contribution in [-0.2, 0) is 10.0 Å². The van der Waals surface area contributed by atoms with Gasteiger partial charge in [-0.05, 0) is 43.7 Å². The van der Waals surface area contributed by atoms with E-state index in [1.807, 2.05) is 0 Å². The molecule has 1 aromatic heterocycles. The van der Waals surface area contributed by atoms with Crippen LogP contribution in [0.5, 0.6) is 0 Å². The molecule has 6 nitrogen and oxygen atoms in total. The molecule has 0 radical (unpaired) electrons. The van der Waals surface area contributed by atoms with Crippen LogP contribution in [0.3, 0.4) is 0 Å². The number of carbonyl (C=O) groups is 1. The fourth-order valence-electron chi connectivity index (χ4n) is 2.36. The smallest absolute Gasteiger partial charge is 0.345 e. The Bertz CT molecular complexity index is 614. The van der Waals surface area contributed by atoms with Gasteiger partial charge < -0.3 is 10.2 Å². The van der Waals surface area contributed by atoms with Gasteiger partial charge in [-0.3, -0.25) is 0 Å². The standard InChI is InChI=1S/C13H19NO5S2/c1-9-4-6-13(17,7-5-9)8-14-21(18,19)11-3-2-10(20-11)12(15)16/h2-3,9,14,17H,4-8H2,1H3,(H,15,16). The van der Waals surface area contributed by atoms with Crippen molar-refractivity contribution in [2.45, 2.75) is 42.4 Å². The van der Waals surface area contributed by atoms with Gasteiger partial charge in [-0.15, -0.1) is 11.3 Å². The van der Waals surface area contributed by atoms with Crippen LogP contribution < -0.4 is 4.72 Å². The van der Waals surface area contributed by atoms with Crippen molar-refractivity contribution < 1.29 is 23.4 Å². The Morgan fingerprint density at radius 1 is 1.43 bits per heavy atom. The minimum absolute atomic E-state index is 0.0272. The molecule has 1 saturated carbocycles. The molecule has 1 aromatic rings. The molecule has 1 fully saturated rings. The van der Waals surface area contributed by atoms with Crippen molar-refractivity contribution in [3.8, 4) is 0 Å². The monoisotopic (exact) mass is 333 g/mol. The second kappa shape index (κ2) is 6.04. The lowest BCUT2D eigenvalue weighted by molar-refractivity contribution is -0.00182. The first kappa shape index (κ1) is 16.4. The quantitative estimate of drug-likeness (QED) is 0.760. The Hall–Kier alpha value is -0.960. The first-order chi connectivity index (χ1) is 9.72. The predicted molar refractivity (Wildman–Crippen MR) is 79.0 cm³/mol. The van der Waals surface area contributed by atoms with Crippen molar-refractivity contribution in [1.29, 1.82) is 0 Å². The van der Waals surface area contributed by atoms with Crippen LogP contribution in [-0.4, -0.2) is 36.7 Å². The topological polar surface area (TPSA) is 104 Å². The van der Waals surface area contributed by atoms with Gasteiger partial charge in [0.15, 0.2) is 0 Å². The lowest BCUT2D eigenvalue weighted by Gasteiger charge is -2.34. The lowest BCUT2D eigenvalue weighted by Crippen LogP contribution is -2.45. The van der Waals surface area contributed by atoms with E-state index in [2.05, 4.69) is 11.6 Å². The molecule has 8 heteroatoms. The molecule has 0 spiro atoms. The van der Waals surface area contributed by atoms with Gasteiger partial charge in [0.05, 0.1) is 5.60 Å². The number of carboxylic acid groups (broad SMARTS) is 1. The molecule has 118 valence electrons. The molecule has 1 heterocycles. The predicted octanol–water partition coefficient (Wildman–Crippen LogP) is 1.67. The highest BCUT2D eigenvalue weighted by atomic mass is 32.2. The fraction of sp³-hybridized carbons (Fsp3) is 0.615. The number of aliphatic hydroxyl groups is 1. The van der Waals surface area contributed by atoms with E-state index < -0.39 is 21.6 Å². The summed E-state index contributed by atoms with van der Waals surface area (Å²) < 4.78 is 26.6. The zero-order valence-corrected chi connectivity index (χ0v) is 13.3. The highest BCUT2D eigenvalue weighted by Gasteiger charge is 2.33. The van der Waals surface area contributed by atoms with Gasteiger partial charge in [-0.1, -0.05) is 6.92 Å². The van der Waals surface area contributed by atoms with Gasteiger partial charge in [0.25, 0.3) is 0 Å². The molecule has 0 amide bonds. The maximum atomic E-state index is 12.1. The van der Waals surface area contributed by atoms with Crippen LogP contribution in [0.4, 0.5) is 0 Å². The molecule has 0 saturated heterocycles. The molecule has 0 atom stereocenters. The Labute approximate surface area is 127 Å². The summed E-state index contributed by atoms with van der Waals surface area (Å²) >= 11 is 0.702. The van der Waals surface area contributed by atoms with E-state index in [0.29, 0.717) is 30.1 Å². The Morgan fingerprint density at radius 3 is 2.57 bits per heavy atom. The number of sulfonamides is 1. The van der Waals surface area contributed by atoms with Crippen molar-refractivity contribution in [3.63, 3.8) is 0 Å². The summed E-state index contributed by atoms with van der Waals surface area (Å²) in [6.45, 7) is 2.07. The molecule has 21 heavy (non-hydrogen) atoms. The lowest BCUT2D eigenvalue weighted by atomic mass is 9.80. The minimum atomic E-state index is -3.78. The van der Waals surface area contributed by atoms with Crippen molar-refractivity contribution in [1.82, 2.24) is 4.72 Å². The zero-order chi connectivity index (χ0) is 15.7. The molecule has 0 aromatic carbocycles. The average molecular weight is 333 g/mol. The summed E-state index contributed by atoms with van der Waals surface area (Å²) in [6, 6.07) is 2.53. The number of thiophene rings is 1. The third kappa shape index (κ3) is 4.03. The summed E-state index contributed by atoms with van der Waals surface area (Å²) in [5.74, 6) is -0.598. The van der Waals surface area contributed by atoms with Gasteiger partial charge in [0, 0.05) is 6.54 Å². The van der Waals surface area contributed by atoms with Gasteiger partial charge in [-0.2, -0.15) is 0 Å². The summed E-state index contributed by atoms with van der Waals surface area (Å²) in [4.78, 5) is 10.8. The number of hydrogen-bond donors (Lipinski definition) is 3. The maximum absolute atomic E-state index is 12.1. The summed E-state index contributed by atoms with van der Waals surface area (Å²) in [5, 5.41) is 19.2. The average Bonchev–Trinajstić information content (AvgIpc) is 2.91. The molecule has 2 rings (SSSR count). The van der Waals surface area contributed by atoms with Gasteiger partial charge in [-0.25, -0.2) is 17.9 Å².